The van der Waals surface area contributed by atoms with Gasteiger partial charge < -0.3 is 10.4 Å². The minimum atomic E-state index is -0.181. The second-order valence-electron chi connectivity index (χ2n) is 4.55. The third-order valence-electron chi connectivity index (χ3n) is 2.99. The van der Waals surface area contributed by atoms with Crippen molar-refractivity contribution in [1.82, 2.24) is 5.32 Å². The van der Waals surface area contributed by atoms with Crippen LogP contribution in [0.25, 0.3) is 0 Å². The van der Waals surface area contributed by atoms with Gasteiger partial charge in [0.15, 0.2) is 0 Å². The molecular weight excluding hydrogens is 190 g/mol. The van der Waals surface area contributed by atoms with Crippen LogP contribution in [0.5, 0.6) is 0 Å². The molecule has 1 rings (SSSR count). The molecule has 0 aromatic rings. The van der Waals surface area contributed by atoms with Crippen LogP contribution in [0, 0.1) is 0 Å². The molecule has 3 heteroatoms. The number of unbranched alkanes of at least 4 members (excludes halogenated alkanes) is 4. The van der Waals surface area contributed by atoms with E-state index in [0.29, 0.717) is 6.42 Å². The molecule has 0 atom stereocenters. The predicted octanol–water partition coefficient (Wildman–Crippen LogP) is 1.99. The number of hydrogen-bond acceptors (Lipinski definition) is 2. The summed E-state index contributed by atoms with van der Waals surface area (Å²) in [6, 6.07) is 0.239. The van der Waals surface area contributed by atoms with Crippen LogP contribution >= 0.6 is 0 Å². The molecular formula is C12H23NO2. The van der Waals surface area contributed by atoms with E-state index < -0.39 is 0 Å². The lowest BCUT2D eigenvalue weighted by Crippen LogP contribution is -2.46. The summed E-state index contributed by atoms with van der Waals surface area (Å²) in [4.78, 5) is 11.4. The van der Waals surface area contributed by atoms with Gasteiger partial charge in [0.05, 0.1) is 6.10 Å². The van der Waals surface area contributed by atoms with Crippen molar-refractivity contribution < 1.29 is 9.90 Å². The highest BCUT2D eigenvalue weighted by molar-refractivity contribution is 5.76. The average molecular weight is 213 g/mol. The van der Waals surface area contributed by atoms with Crippen LogP contribution in [0.15, 0.2) is 0 Å². The Morgan fingerprint density at radius 3 is 2.53 bits per heavy atom. The first kappa shape index (κ1) is 12.5. The zero-order valence-electron chi connectivity index (χ0n) is 9.67. The number of aliphatic hydroxyl groups is 1. The molecule has 0 aliphatic heterocycles. The van der Waals surface area contributed by atoms with Crippen LogP contribution in [0.3, 0.4) is 0 Å². The van der Waals surface area contributed by atoms with Crippen molar-refractivity contribution in [2.24, 2.45) is 0 Å². The Kier molecular flexibility index (Phi) is 5.69. The second kappa shape index (κ2) is 6.83. The maximum absolute atomic E-state index is 11.4. The van der Waals surface area contributed by atoms with E-state index in [1.165, 1.54) is 19.3 Å². The van der Waals surface area contributed by atoms with Gasteiger partial charge in [-0.05, 0) is 19.3 Å². The molecule has 0 radical (unpaired) electrons. The topological polar surface area (TPSA) is 49.3 Å². The van der Waals surface area contributed by atoms with E-state index in [1.807, 2.05) is 0 Å². The van der Waals surface area contributed by atoms with Crippen molar-refractivity contribution in [3.05, 3.63) is 0 Å². The highest BCUT2D eigenvalue weighted by Gasteiger charge is 2.27. The molecule has 0 saturated heterocycles. The molecule has 2 N–H and O–H groups in total. The summed E-state index contributed by atoms with van der Waals surface area (Å²) in [5, 5.41) is 12.0. The first-order valence-corrected chi connectivity index (χ1v) is 6.19. The summed E-state index contributed by atoms with van der Waals surface area (Å²) in [6.07, 6.45) is 7.86. The van der Waals surface area contributed by atoms with Crippen LogP contribution in [-0.2, 0) is 4.79 Å². The summed E-state index contributed by atoms with van der Waals surface area (Å²) in [7, 11) is 0. The molecule has 88 valence electrons. The highest BCUT2D eigenvalue weighted by Crippen LogP contribution is 2.19. The maximum atomic E-state index is 11.4. The molecule has 0 aromatic heterocycles. The monoisotopic (exact) mass is 213 g/mol. The Bertz CT molecular complexity index is 188. The molecule has 3 nitrogen and oxygen atoms in total. The quantitative estimate of drug-likeness (QED) is 0.635. The SMILES string of the molecule is CCCCCCCC(=O)NC1CC(O)C1. The van der Waals surface area contributed by atoms with Crippen molar-refractivity contribution in [3.63, 3.8) is 0 Å². The lowest BCUT2D eigenvalue weighted by molar-refractivity contribution is -0.123. The number of rotatable bonds is 7. The molecule has 1 aliphatic rings. The molecule has 0 unspecified atom stereocenters. The zero-order valence-corrected chi connectivity index (χ0v) is 9.67. The van der Waals surface area contributed by atoms with E-state index >= 15 is 0 Å². The smallest absolute Gasteiger partial charge is 0.220 e. The molecule has 1 amide bonds. The van der Waals surface area contributed by atoms with E-state index in [4.69, 9.17) is 5.11 Å². The predicted molar refractivity (Wildman–Crippen MR) is 60.5 cm³/mol. The van der Waals surface area contributed by atoms with Gasteiger partial charge in [0.1, 0.15) is 0 Å². The Morgan fingerprint density at radius 2 is 1.93 bits per heavy atom. The Labute approximate surface area is 92.3 Å². The molecule has 1 fully saturated rings. The molecule has 0 spiro atoms. The van der Waals surface area contributed by atoms with Gasteiger partial charge in [-0.15, -0.1) is 0 Å². The zero-order chi connectivity index (χ0) is 11.1. The number of aliphatic hydroxyl groups excluding tert-OH is 1. The average Bonchev–Trinajstić information content (AvgIpc) is 2.15. The Balaban J connectivity index is 1.90. The third-order valence-corrected chi connectivity index (χ3v) is 2.99. The Morgan fingerprint density at radius 1 is 1.27 bits per heavy atom. The van der Waals surface area contributed by atoms with E-state index in [1.54, 1.807) is 0 Å². The fourth-order valence-corrected chi connectivity index (χ4v) is 1.89. The summed E-state index contributed by atoms with van der Waals surface area (Å²) >= 11 is 0. The van der Waals surface area contributed by atoms with Crippen LogP contribution in [-0.4, -0.2) is 23.2 Å². The molecule has 0 aromatic carbocycles. The lowest BCUT2D eigenvalue weighted by atomic mass is 9.89. The first-order valence-electron chi connectivity index (χ1n) is 6.19. The summed E-state index contributed by atoms with van der Waals surface area (Å²) < 4.78 is 0. The highest BCUT2D eigenvalue weighted by atomic mass is 16.3. The lowest BCUT2D eigenvalue weighted by Gasteiger charge is -2.31. The molecule has 1 saturated carbocycles. The van der Waals surface area contributed by atoms with E-state index in [9.17, 15) is 4.79 Å². The fourth-order valence-electron chi connectivity index (χ4n) is 1.89. The van der Waals surface area contributed by atoms with Crippen molar-refractivity contribution in [1.29, 1.82) is 0 Å². The maximum Gasteiger partial charge on any atom is 0.220 e. The first-order chi connectivity index (χ1) is 7.22. The van der Waals surface area contributed by atoms with Crippen molar-refractivity contribution in [2.75, 3.05) is 0 Å². The van der Waals surface area contributed by atoms with Crippen LogP contribution < -0.4 is 5.32 Å². The number of carbonyl (C=O) groups is 1. The normalized spacial score (nSPS) is 24.7. The standard InChI is InChI=1S/C12H23NO2/c1-2-3-4-5-6-7-12(15)13-10-8-11(14)9-10/h10-11,14H,2-9H2,1H3,(H,13,15). The van der Waals surface area contributed by atoms with Gasteiger partial charge in [0.25, 0.3) is 0 Å². The largest absolute Gasteiger partial charge is 0.393 e. The number of nitrogens with one attached hydrogen (secondary N) is 1. The van der Waals surface area contributed by atoms with E-state index in [0.717, 1.165) is 25.7 Å². The number of hydrogen-bond donors (Lipinski definition) is 2. The van der Waals surface area contributed by atoms with Crippen LogP contribution in [0.2, 0.25) is 0 Å². The van der Waals surface area contributed by atoms with Gasteiger partial charge >= 0.3 is 0 Å². The number of amides is 1. The van der Waals surface area contributed by atoms with Crippen molar-refractivity contribution in [2.45, 2.75) is 70.4 Å². The van der Waals surface area contributed by atoms with Crippen molar-refractivity contribution >= 4 is 5.91 Å². The fraction of sp³-hybridized carbons (Fsp3) is 0.917. The van der Waals surface area contributed by atoms with Gasteiger partial charge in [-0.2, -0.15) is 0 Å². The third kappa shape index (κ3) is 5.17. The van der Waals surface area contributed by atoms with E-state index in [2.05, 4.69) is 12.2 Å². The van der Waals surface area contributed by atoms with Gasteiger partial charge in [0.2, 0.25) is 5.91 Å². The van der Waals surface area contributed by atoms with Gasteiger partial charge in [0, 0.05) is 12.5 Å². The summed E-state index contributed by atoms with van der Waals surface area (Å²) in [5.41, 5.74) is 0. The summed E-state index contributed by atoms with van der Waals surface area (Å²) in [6.45, 7) is 2.19. The van der Waals surface area contributed by atoms with Gasteiger partial charge in [-0.3, -0.25) is 4.79 Å². The summed E-state index contributed by atoms with van der Waals surface area (Å²) in [5.74, 6) is 0.156. The van der Waals surface area contributed by atoms with Gasteiger partial charge in [-0.25, -0.2) is 0 Å². The van der Waals surface area contributed by atoms with Crippen molar-refractivity contribution in [3.8, 4) is 0 Å². The second-order valence-corrected chi connectivity index (χ2v) is 4.55. The molecule has 0 heterocycles. The van der Waals surface area contributed by atoms with Crippen LogP contribution in [0.1, 0.15) is 58.3 Å². The minimum absolute atomic E-state index is 0.156. The molecule has 0 bridgehead atoms. The van der Waals surface area contributed by atoms with Crippen LogP contribution in [0.4, 0.5) is 0 Å². The minimum Gasteiger partial charge on any atom is -0.393 e. The number of carbonyl (C=O) groups excluding carboxylic acids is 1. The van der Waals surface area contributed by atoms with Gasteiger partial charge in [-0.1, -0.05) is 32.6 Å². The molecule has 15 heavy (non-hydrogen) atoms. The molecule has 1 aliphatic carbocycles. The van der Waals surface area contributed by atoms with E-state index in [-0.39, 0.29) is 18.1 Å². The Hall–Kier alpha value is -0.570.